The molecule has 0 radical (unpaired) electrons. The Kier molecular flexibility index (Phi) is 7.23. The molecule has 2 aromatic rings. The molecule has 6 nitrogen and oxygen atoms in total. The molecule has 0 atom stereocenters. The van der Waals surface area contributed by atoms with Gasteiger partial charge in [-0.1, -0.05) is 0 Å². The molecule has 0 aliphatic rings. The maximum absolute atomic E-state index is 13.0. The topological polar surface area (TPSA) is 71.1 Å². The van der Waals surface area contributed by atoms with Crippen LogP contribution in [0.5, 0.6) is 17.2 Å². The lowest BCUT2D eigenvalue weighted by Gasteiger charge is -2.14. The lowest BCUT2D eigenvalue weighted by molar-refractivity contribution is -0.143. The fraction of sp³-hybridized carbons (Fsp3) is 0.333. The Morgan fingerprint density at radius 2 is 1.56 bits per heavy atom. The second-order valence-corrected chi connectivity index (χ2v) is 5.73. The lowest BCUT2D eigenvalue weighted by Crippen LogP contribution is -2.09. The van der Waals surface area contributed by atoms with E-state index in [2.05, 4.69) is 0 Å². The van der Waals surface area contributed by atoms with Crippen molar-refractivity contribution in [2.45, 2.75) is 19.8 Å². The van der Waals surface area contributed by atoms with Crippen LogP contribution < -0.4 is 14.2 Å². The third-order valence-corrected chi connectivity index (χ3v) is 4.10. The van der Waals surface area contributed by atoms with Crippen LogP contribution in [-0.4, -0.2) is 39.7 Å². The van der Waals surface area contributed by atoms with Gasteiger partial charge in [-0.3, -0.25) is 9.59 Å². The Morgan fingerprint density at radius 1 is 0.889 bits per heavy atom. The largest absolute Gasteiger partial charge is 0.497 e. The zero-order valence-corrected chi connectivity index (χ0v) is 16.0. The van der Waals surface area contributed by atoms with E-state index in [9.17, 15) is 9.59 Å². The third kappa shape index (κ3) is 5.00. The summed E-state index contributed by atoms with van der Waals surface area (Å²) < 4.78 is 20.9. The van der Waals surface area contributed by atoms with E-state index in [1.165, 1.54) is 14.2 Å². The molecule has 2 aromatic carbocycles. The molecule has 0 aromatic heterocycles. The van der Waals surface area contributed by atoms with Gasteiger partial charge in [0, 0.05) is 18.1 Å². The van der Waals surface area contributed by atoms with Crippen LogP contribution in [0.1, 0.15) is 34.8 Å². The maximum atomic E-state index is 13.0. The van der Waals surface area contributed by atoms with Gasteiger partial charge in [0.2, 0.25) is 0 Å². The number of ether oxygens (including phenoxy) is 4. The average Bonchev–Trinajstić information content (AvgIpc) is 2.71. The summed E-state index contributed by atoms with van der Waals surface area (Å²) in [5.74, 6) is 1.16. The van der Waals surface area contributed by atoms with Gasteiger partial charge < -0.3 is 18.9 Å². The van der Waals surface area contributed by atoms with Crippen LogP contribution in [0.2, 0.25) is 0 Å². The van der Waals surface area contributed by atoms with E-state index in [1.54, 1.807) is 50.4 Å². The molecular formula is C21H24O6. The predicted octanol–water partition coefficient (Wildman–Crippen LogP) is 3.44. The molecule has 0 saturated heterocycles. The molecule has 0 aliphatic carbocycles. The number of hydrogen-bond donors (Lipinski definition) is 0. The van der Waals surface area contributed by atoms with Gasteiger partial charge in [0.05, 0.1) is 33.5 Å². The van der Waals surface area contributed by atoms with E-state index in [1.807, 2.05) is 0 Å². The van der Waals surface area contributed by atoms with Crippen molar-refractivity contribution in [1.29, 1.82) is 0 Å². The summed E-state index contributed by atoms with van der Waals surface area (Å²) in [4.78, 5) is 24.6. The second kappa shape index (κ2) is 9.62. The van der Waals surface area contributed by atoms with E-state index in [0.717, 1.165) is 5.56 Å². The fourth-order valence-electron chi connectivity index (χ4n) is 2.71. The Bertz CT molecular complexity index is 795. The lowest BCUT2D eigenvalue weighted by atomic mass is 9.97. The summed E-state index contributed by atoms with van der Waals surface area (Å²) in [6.07, 6.45) is 0.599. The standard InChI is InChI=1S/C21H24O6/c1-5-27-20(22)11-8-15-12-17(19(26-4)13-18(15)25-3)21(23)14-6-9-16(24-2)10-7-14/h6-7,9-10,12-13H,5,8,11H2,1-4H3. The highest BCUT2D eigenvalue weighted by Crippen LogP contribution is 2.32. The fourth-order valence-corrected chi connectivity index (χ4v) is 2.71. The van der Waals surface area contributed by atoms with Crippen molar-refractivity contribution in [3.63, 3.8) is 0 Å². The minimum Gasteiger partial charge on any atom is -0.497 e. The van der Waals surface area contributed by atoms with Crippen LogP contribution >= 0.6 is 0 Å². The smallest absolute Gasteiger partial charge is 0.306 e. The second-order valence-electron chi connectivity index (χ2n) is 5.73. The number of carbonyl (C=O) groups is 2. The monoisotopic (exact) mass is 372 g/mol. The predicted molar refractivity (Wildman–Crippen MR) is 101 cm³/mol. The third-order valence-electron chi connectivity index (χ3n) is 4.10. The van der Waals surface area contributed by atoms with E-state index in [4.69, 9.17) is 18.9 Å². The number of ketones is 1. The van der Waals surface area contributed by atoms with Gasteiger partial charge >= 0.3 is 5.97 Å². The molecule has 6 heteroatoms. The molecule has 0 saturated carbocycles. The molecule has 0 bridgehead atoms. The molecule has 0 aliphatic heterocycles. The SMILES string of the molecule is CCOC(=O)CCc1cc(C(=O)c2ccc(OC)cc2)c(OC)cc1OC. The van der Waals surface area contributed by atoms with E-state index >= 15 is 0 Å². The number of carbonyl (C=O) groups excluding carboxylic acids is 2. The van der Waals surface area contributed by atoms with Gasteiger partial charge in [-0.05, 0) is 49.2 Å². The highest BCUT2D eigenvalue weighted by atomic mass is 16.5. The first kappa shape index (κ1) is 20.3. The van der Waals surface area contributed by atoms with E-state index < -0.39 is 0 Å². The first-order valence-corrected chi connectivity index (χ1v) is 8.63. The molecule has 0 N–H and O–H groups in total. The molecule has 0 unspecified atom stereocenters. The normalized spacial score (nSPS) is 10.2. The molecule has 0 amide bonds. The van der Waals surface area contributed by atoms with Gasteiger partial charge in [0.25, 0.3) is 0 Å². The number of esters is 1. The van der Waals surface area contributed by atoms with E-state index in [0.29, 0.717) is 41.4 Å². The van der Waals surface area contributed by atoms with Gasteiger partial charge in [-0.2, -0.15) is 0 Å². The van der Waals surface area contributed by atoms with Crippen molar-refractivity contribution in [2.24, 2.45) is 0 Å². The first-order chi connectivity index (χ1) is 13.0. The molecule has 0 fully saturated rings. The van der Waals surface area contributed by atoms with Crippen molar-refractivity contribution in [1.82, 2.24) is 0 Å². The molecule has 27 heavy (non-hydrogen) atoms. The molecular weight excluding hydrogens is 348 g/mol. The summed E-state index contributed by atoms with van der Waals surface area (Å²) >= 11 is 0. The van der Waals surface area contributed by atoms with Crippen LogP contribution in [0.4, 0.5) is 0 Å². The average molecular weight is 372 g/mol. The van der Waals surface area contributed by atoms with Crippen molar-refractivity contribution in [3.8, 4) is 17.2 Å². The molecule has 0 heterocycles. The Balaban J connectivity index is 2.36. The van der Waals surface area contributed by atoms with Gasteiger partial charge in [0.15, 0.2) is 5.78 Å². The van der Waals surface area contributed by atoms with Gasteiger partial charge in [0.1, 0.15) is 17.2 Å². The van der Waals surface area contributed by atoms with Crippen LogP contribution in [0.3, 0.4) is 0 Å². The number of benzene rings is 2. The molecule has 144 valence electrons. The Hall–Kier alpha value is -3.02. The molecule has 2 rings (SSSR count). The van der Waals surface area contributed by atoms with Crippen LogP contribution in [-0.2, 0) is 16.0 Å². The summed E-state index contributed by atoms with van der Waals surface area (Å²) in [7, 11) is 4.60. The summed E-state index contributed by atoms with van der Waals surface area (Å²) in [5.41, 5.74) is 1.65. The van der Waals surface area contributed by atoms with Gasteiger partial charge in [-0.15, -0.1) is 0 Å². The van der Waals surface area contributed by atoms with Crippen LogP contribution in [0.15, 0.2) is 36.4 Å². The van der Waals surface area contributed by atoms with Crippen molar-refractivity contribution in [2.75, 3.05) is 27.9 Å². The van der Waals surface area contributed by atoms with E-state index in [-0.39, 0.29) is 18.2 Å². The summed E-state index contributed by atoms with van der Waals surface area (Å²) in [6, 6.07) is 10.2. The minimum absolute atomic E-state index is 0.186. The quantitative estimate of drug-likeness (QED) is 0.496. The highest BCUT2D eigenvalue weighted by Gasteiger charge is 2.19. The zero-order chi connectivity index (χ0) is 19.8. The van der Waals surface area contributed by atoms with Crippen molar-refractivity contribution < 1.29 is 28.5 Å². The maximum Gasteiger partial charge on any atom is 0.306 e. The number of hydrogen-bond acceptors (Lipinski definition) is 6. The van der Waals surface area contributed by atoms with Crippen LogP contribution in [0, 0.1) is 0 Å². The molecule has 0 spiro atoms. The Labute approximate surface area is 159 Å². The summed E-state index contributed by atoms with van der Waals surface area (Å²) in [6.45, 7) is 2.09. The van der Waals surface area contributed by atoms with Crippen molar-refractivity contribution in [3.05, 3.63) is 53.1 Å². The zero-order valence-electron chi connectivity index (χ0n) is 16.0. The Morgan fingerprint density at radius 3 is 2.11 bits per heavy atom. The number of methoxy groups -OCH3 is 3. The van der Waals surface area contributed by atoms with Gasteiger partial charge in [-0.25, -0.2) is 0 Å². The highest BCUT2D eigenvalue weighted by molar-refractivity contribution is 6.11. The number of aryl methyl sites for hydroxylation is 1. The van der Waals surface area contributed by atoms with Crippen LogP contribution in [0.25, 0.3) is 0 Å². The van der Waals surface area contributed by atoms with Crippen molar-refractivity contribution >= 4 is 11.8 Å². The first-order valence-electron chi connectivity index (χ1n) is 8.63. The number of rotatable bonds is 9. The minimum atomic E-state index is -0.293. The summed E-state index contributed by atoms with van der Waals surface area (Å²) in [5, 5.41) is 0.